The Morgan fingerprint density at radius 2 is 2.07 bits per heavy atom. The predicted molar refractivity (Wildman–Crippen MR) is 114 cm³/mol. The lowest BCUT2D eigenvalue weighted by Crippen LogP contribution is -2.35. The van der Waals surface area contributed by atoms with Gasteiger partial charge in [-0.1, -0.05) is 17.7 Å². The molecule has 1 aromatic carbocycles. The molecule has 0 radical (unpaired) electrons. The summed E-state index contributed by atoms with van der Waals surface area (Å²) in [5.41, 5.74) is 2.32. The summed E-state index contributed by atoms with van der Waals surface area (Å²) in [6, 6.07) is 5.76. The van der Waals surface area contributed by atoms with Gasteiger partial charge in [-0.2, -0.15) is 0 Å². The summed E-state index contributed by atoms with van der Waals surface area (Å²) >= 11 is 0. The van der Waals surface area contributed by atoms with Crippen LogP contribution < -0.4 is 20.1 Å². The molecule has 8 heteroatoms. The first kappa shape index (κ1) is 23.0. The smallest absolute Gasteiger partial charge is 0.225 e. The first-order valence-corrected chi connectivity index (χ1v) is 9.75. The van der Waals surface area contributed by atoms with Crippen LogP contribution in [-0.2, 0) is 16.0 Å². The summed E-state index contributed by atoms with van der Waals surface area (Å²) in [5.74, 6) is 1.12. The predicted octanol–water partition coefficient (Wildman–Crippen LogP) is 1.55. The van der Waals surface area contributed by atoms with Crippen LogP contribution in [0.5, 0.6) is 11.5 Å². The van der Waals surface area contributed by atoms with Crippen LogP contribution in [0.3, 0.4) is 0 Å². The van der Waals surface area contributed by atoms with E-state index in [1.807, 2.05) is 18.2 Å². The van der Waals surface area contributed by atoms with Crippen molar-refractivity contribution in [1.29, 1.82) is 0 Å². The molecule has 0 bridgehead atoms. The standard InChI is InChI=1S/C21H29N3O4.ClH/c1-27-18-4-3-15(11-19(18)28-2)7-10-24-14-17(12-20(24)25)21(26)23-13-16-5-8-22-9-6-16;/h3-5,11,17,22H,6-10,12-14H2,1-2H3,(H,23,26);1H. The number of hydrogen-bond donors (Lipinski definition) is 2. The number of nitrogens with zero attached hydrogens (tertiary/aromatic N) is 1. The zero-order valence-corrected chi connectivity index (χ0v) is 17.8. The average molecular weight is 424 g/mol. The van der Waals surface area contributed by atoms with Gasteiger partial charge in [-0.05, 0) is 37.1 Å². The zero-order chi connectivity index (χ0) is 19.9. The molecule has 1 aromatic rings. The lowest BCUT2D eigenvalue weighted by Gasteiger charge is -2.18. The zero-order valence-electron chi connectivity index (χ0n) is 17.0. The minimum atomic E-state index is -0.264. The largest absolute Gasteiger partial charge is 0.493 e. The molecule has 1 fully saturated rings. The van der Waals surface area contributed by atoms with Gasteiger partial charge in [0.25, 0.3) is 0 Å². The maximum Gasteiger partial charge on any atom is 0.225 e. The summed E-state index contributed by atoms with van der Waals surface area (Å²) in [5, 5.41) is 6.25. The third-order valence-electron chi connectivity index (χ3n) is 5.35. The molecule has 0 aromatic heterocycles. The van der Waals surface area contributed by atoms with Crippen LogP contribution in [0.25, 0.3) is 0 Å². The number of ether oxygens (including phenoxy) is 2. The molecule has 2 amide bonds. The van der Waals surface area contributed by atoms with Crippen molar-refractivity contribution in [3.63, 3.8) is 0 Å². The minimum absolute atomic E-state index is 0. The fraction of sp³-hybridized carbons (Fsp3) is 0.524. The van der Waals surface area contributed by atoms with Gasteiger partial charge in [0, 0.05) is 32.6 Å². The van der Waals surface area contributed by atoms with Crippen molar-refractivity contribution in [2.24, 2.45) is 5.92 Å². The molecule has 1 unspecified atom stereocenters. The molecule has 2 aliphatic heterocycles. The minimum Gasteiger partial charge on any atom is -0.493 e. The molecular weight excluding hydrogens is 394 g/mol. The Labute approximate surface area is 178 Å². The third-order valence-corrected chi connectivity index (χ3v) is 5.35. The van der Waals surface area contributed by atoms with Gasteiger partial charge < -0.3 is 25.0 Å². The summed E-state index contributed by atoms with van der Waals surface area (Å²) in [4.78, 5) is 26.5. The molecule has 0 spiro atoms. The van der Waals surface area contributed by atoms with E-state index in [2.05, 4.69) is 16.7 Å². The number of rotatable bonds is 8. The number of benzene rings is 1. The summed E-state index contributed by atoms with van der Waals surface area (Å²) in [6.07, 6.45) is 4.08. The van der Waals surface area contributed by atoms with E-state index in [0.29, 0.717) is 44.0 Å². The number of amides is 2. The van der Waals surface area contributed by atoms with Crippen LogP contribution in [0.4, 0.5) is 0 Å². The number of hydrogen-bond acceptors (Lipinski definition) is 5. The van der Waals surface area contributed by atoms with E-state index in [1.165, 1.54) is 5.57 Å². The van der Waals surface area contributed by atoms with Crippen molar-refractivity contribution in [3.8, 4) is 11.5 Å². The van der Waals surface area contributed by atoms with Gasteiger partial charge in [-0.25, -0.2) is 0 Å². The van der Waals surface area contributed by atoms with Crippen LogP contribution >= 0.6 is 12.4 Å². The van der Waals surface area contributed by atoms with Gasteiger partial charge in [0.1, 0.15) is 0 Å². The van der Waals surface area contributed by atoms with E-state index < -0.39 is 0 Å². The van der Waals surface area contributed by atoms with Gasteiger partial charge in [0.2, 0.25) is 11.8 Å². The Balaban J connectivity index is 0.00000300. The van der Waals surface area contributed by atoms with Crippen molar-refractivity contribution in [3.05, 3.63) is 35.4 Å². The number of methoxy groups -OCH3 is 2. The molecule has 0 saturated carbocycles. The number of carbonyl (C=O) groups excluding carboxylic acids is 2. The highest BCUT2D eigenvalue weighted by Gasteiger charge is 2.33. The molecule has 2 heterocycles. The number of halogens is 1. The van der Waals surface area contributed by atoms with Gasteiger partial charge in [0.05, 0.1) is 20.1 Å². The van der Waals surface area contributed by atoms with Crippen LogP contribution in [-0.4, -0.2) is 63.7 Å². The van der Waals surface area contributed by atoms with Crippen LogP contribution in [0.2, 0.25) is 0 Å². The lowest BCUT2D eigenvalue weighted by atomic mass is 10.1. The van der Waals surface area contributed by atoms with E-state index in [4.69, 9.17) is 9.47 Å². The van der Waals surface area contributed by atoms with Gasteiger partial charge in [-0.3, -0.25) is 9.59 Å². The van der Waals surface area contributed by atoms with Crippen molar-refractivity contribution < 1.29 is 19.1 Å². The molecule has 2 N–H and O–H groups in total. The maximum atomic E-state index is 12.4. The quantitative estimate of drug-likeness (QED) is 0.620. The van der Waals surface area contributed by atoms with Crippen molar-refractivity contribution in [2.75, 3.05) is 46.9 Å². The van der Waals surface area contributed by atoms with E-state index in [1.54, 1.807) is 19.1 Å². The Morgan fingerprint density at radius 3 is 2.76 bits per heavy atom. The van der Waals surface area contributed by atoms with Gasteiger partial charge >= 0.3 is 0 Å². The summed E-state index contributed by atoms with van der Waals surface area (Å²) < 4.78 is 10.6. The summed E-state index contributed by atoms with van der Waals surface area (Å²) in [7, 11) is 3.21. The first-order chi connectivity index (χ1) is 13.6. The average Bonchev–Trinajstić information content (AvgIpc) is 3.11. The van der Waals surface area contributed by atoms with Crippen LogP contribution in [0.1, 0.15) is 18.4 Å². The molecule has 1 atom stereocenters. The SMILES string of the molecule is COc1ccc(CCN2CC(C(=O)NCC3=CCNCC3)CC2=O)cc1OC.Cl. The van der Waals surface area contributed by atoms with Crippen LogP contribution in [0.15, 0.2) is 29.8 Å². The second-order valence-electron chi connectivity index (χ2n) is 7.21. The molecule has 1 saturated heterocycles. The lowest BCUT2D eigenvalue weighted by molar-refractivity contribution is -0.128. The highest BCUT2D eigenvalue weighted by molar-refractivity contribution is 5.89. The van der Waals surface area contributed by atoms with Gasteiger partial charge in [0.15, 0.2) is 11.5 Å². The van der Waals surface area contributed by atoms with Crippen molar-refractivity contribution in [2.45, 2.75) is 19.3 Å². The third kappa shape index (κ3) is 6.11. The number of nitrogens with one attached hydrogen (secondary N) is 2. The van der Waals surface area contributed by atoms with E-state index in [-0.39, 0.29) is 30.1 Å². The van der Waals surface area contributed by atoms with Crippen molar-refractivity contribution >= 4 is 24.2 Å². The Hall–Kier alpha value is -2.25. The van der Waals surface area contributed by atoms with Crippen molar-refractivity contribution in [1.82, 2.24) is 15.5 Å². The Morgan fingerprint density at radius 1 is 1.28 bits per heavy atom. The van der Waals surface area contributed by atoms with Gasteiger partial charge in [-0.15, -0.1) is 12.4 Å². The first-order valence-electron chi connectivity index (χ1n) is 9.75. The molecule has 7 nitrogen and oxygen atoms in total. The summed E-state index contributed by atoms with van der Waals surface area (Å²) in [6.45, 7) is 3.47. The normalized spacial score (nSPS) is 18.7. The second-order valence-corrected chi connectivity index (χ2v) is 7.21. The Kier molecular flexibility index (Phi) is 8.79. The molecule has 2 aliphatic rings. The van der Waals surface area contributed by atoms with E-state index >= 15 is 0 Å². The second kappa shape index (κ2) is 11.1. The molecular formula is C21H30ClN3O4. The highest BCUT2D eigenvalue weighted by atomic mass is 35.5. The maximum absolute atomic E-state index is 12.4. The molecule has 160 valence electrons. The monoisotopic (exact) mass is 423 g/mol. The van der Waals surface area contributed by atoms with E-state index in [9.17, 15) is 9.59 Å². The molecule has 3 rings (SSSR count). The Bertz CT molecular complexity index is 753. The fourth-order valence-electron chi connectivity index (χ4n) is 3.64. The fourth-order valence-corrected chi connectivity index (χ4v) is 3.64. The molecule has 29 heavy (non-hydrogen) atoms. The number of carbonyl (C=O) groups is 2. The topological polar surface area (TPSA) is 79.9 Å². The highest BCUT2D eigenvalue weighted by Crippen LogP contribution is 2.28. The number of likely N-dealkylation sites (tertiary alicyclic amines) is 1. The molecule has 0 aliphatic carbocycles. The van der Waals surface area contributed by atoms with E-state index in [0.717, 1.165) is 25.1 Å². The van der Waals surface area contributed by atoms with Crippen LogP contribution in [0, 0.1) is 5.92 Å².